The van der Waals surface area contributed by atoms with Gasteiger partial charge in [-0.25, -0.2) is 0 Å². The Bertz CT molecular complexity index is 777. The summed E-state index contributed by atoms with van der Waals surface area (Å²) in [6.07, 6.45) is 1.19. The number of likely N-dealkylation sites (N-methyl/N-ethyl adjacent to an activating group) is 1. The van der Waals surface area contributed by atoms with Gasteiger partial charge in [0.2, 0.25) is 11.8 Å². The van der Waals surface area contributed by atoms with Gasteiger partial charge in [-0.1, -0.05) is 6.07 Å². The molecule has 1 aromatic carbocycles. The second kappa shape index (κ2) is 9.34. The number of piperidine rings is 1. The van der Waals surface area contributed by atoms with E-state index in [1.165, 1.54) is 16.8 Å². The summed E-state index contributed by atoms with van der Waals surface area (Å²) >= 11 is 0. The highest BCUT2D eigenvalue weighted by molar-refractivity contribution is 5.97. The lowest BCUT2D eigenvalue weighted by Gasteiger charge is -2.32. The minimum absolute atomic E-state index is 0.148. The summed E-state index contributed by atoms with van der Waals surface area (Å²) in [6.45, 7) is 4.16. The zero-order chi connectivity index (χ0) is 20.8. The van der Waals surface area contributed by atoms with Crippen LogP contribution in [0.3, 0.4) is 0 Å². The lowest BCUT2D eigenvalue weighted by Crippen LogP contribution is -2.48. The molecule has 152 valence electrons. The molecule has 1 aliphatic rings. The third-order valence-electron chi connectivity index (χ3n) is 5.09. The molecule has 1 aromatic rings. The van der Waals surface area contributed by atoms with Crippen molar-refractivity contribution in [3.8, 4) is 0 Å². The summed E-state index contributed by atoms with van der Waals surface area (Å²) in [5.41, 5.74) is 2.54. The van der Waals surface area contributed by atoms with E-state index in [2.05, 4.69) is 5.32 Å². The molecule has 28 heavy (non-hydrogen) atoms. The molecule has 1 unspecified atom stereocenters. The lowest BCUT2D eigenvalue weighted by atomic mass is 9.98. The summed E-state index contributed by atoms with van der Waals surface area (Å²) in [5, 5.41) is 11.7. The van der Waals surface area contributed by atoms with E-state index in [-0.39, 0.29) is 31.4 Å². The number of likely N-dealkylation sites (tertiary alicyclic amines) is 1. The first-order valence-electron chi connectivity index (χ1n) is 9.29. The predicted molar refractivity (Wildman–Crippen MR) is 103 cm³/mol. The Morgan fingerprint density at radius 2 is 1.93 bits per heavy atom. The molecule has 0 aromatic heterocycles. The van der Waals surface area contributed by atoms with Crippen LogP contribution in [-0.4, -0.2) is 71.8 Å². The number of hydrogen-bond donors (Lipinski definition) is 2. The molecule has 3 amide bonds. The topological polar surface area (TPSA) is 107 Å². The van der Waals surface area contributed by atoms with Crippen molar-refractivity contribution in [2.75, 3.05) is 33.2 Å². The first-order valence-corrected chi connectivity index (χ1v) is 9.29. The van der Waals surface area contributed by atoms with Crippen molar-refractivity contribution in [3.05, 3.63) is 34.9 Å². The number of carbonyl (C=O) groups is 4. The number of hydrogen-bond acceptors (Lipinski definition) is 4. The van der Waals surface area contributed by atoms with Crippen LogP contribution in [0, 0.1) is 19.8 Å². The molecule has 1 aliphatic heterocycles. The van der Waals surface area contributed by atoms with Gasteiger partial charge in [-0.2, -0.15) is 0 Å². The van der Waals surface area contributed by atoms with Crippen LogP contribution in [0.2, 0.25) is 0 Å². The van der Waals surface area contributed by atoms with E-state index in [4.69, 9.17) is 5.11 Å². The number of aliphatic carboxylic acids is 1. The zero-order valence-electron chi connectivity index (χ0n) is 16.5. The average molecular weight is 389 g/mol. The fourth-order valence-corrected chi connectivity index (χ4v) is 3.07. The fraction of sp³-hybridized carbons (Fsp3) is 0.500. The van der Waals surface area contributed by atoms with Crippen LogP contribution in [0.1, 0.15) is 34.3 Å². The lowest BCUT2D eigenvalue weighted by molar-refractivity contribution is -0.147. The van der Waals surface area contributed by atoms with Gasteiger partial charge in [0.15, 0.2) is 0 Å². The quantitative estimate of drug-likeness (QED) is 0.749. The van der Waals surface area contributed by atoms with Crippen LogP contribution < -0.4 is 5.32 Å². The standard InChI is InChI=1S/C20H27N3O5/c1-13-6-7-15(9-14(13)2)19(26)21-10-17(24)22(3)12-18(25)23-8-4-5-16(11-23)20(27)28/h6-7,9,16H,4-5,8,10-12H2,1-3H3,(H,21,26)(H,27,28). The van der Waals surface area contributed by atoms with Gasteiger partial charge in [-0.15, -0.1) is 0 Å². The molecule has 0 radical (unpaired) electrons. The highest BCUT2D eigenvalue weighted by atomic mass is 16.4. The van der Waals surface area contributed by atoms with Gasteiger partial charge in [0, 0.05) is 25.7 Å². The molecular weight excluding hydrogens is 362 g/mol. The van der Waals surface area contributed by atoms with Crippen LogP contribution in [-0.2, 0) is 14.4 Å². The molecular formula is C20H27N3O5. The molecule has 1 heterocycles. The number of amides is 3. The Kier molecular flexibility index (Phi) is 7.14. The second-order valence-corrected chi connectivity index (χ2v) is 7.25. The minimum Gasteiger partial charge on any atom is -0.481 e. The van der Waals surface area contributed by atoms with Crippen molar-refractivity contribution >= 4 is 23.7 Å². The number of nitrogens with one attached hydrogen (secondary N) is 1. The van der Waals surface area contributed by atoms with Crippen molar-refractivity contribution in [2.45, 2.75) is 26.7 Å². The Morgan fingerprint density at radius 1 is 1.21 bits per heavy atom. The Labute approximate surface area is 164 Å². The van der Waals surface area contributed by atoms with E-state index in [1.807, 2.05) is 19.9 Å². The molecule has 2 N–H and O–H groups in total. The monoisotopic (exact) mass is 389 g/mol. The SMILES string of the molecule is Cc1ccc(C(=O)NCC(=O)N(C)CC(=O)N2CCCC(C(=O)O)C2)cc1C. The van der Waals surface area contributed by atoms with Crippen molar-refractivity contribution in [1.29, 1.82) is 0 Å². The fourth-order valence-electron chi connectivity index (χ4n) is 3.07. The summed E-state index contributed by atoms with van der Waals surface area (Å²) in [6, 6.07) is 5.31. The molecule has 2 rings (SSSR count). The number of rotatable bonds is 6. The maximum absolute atomic E-state index is 12.4. The van der Waals surface area contributed by atoms with Gasteiger partial charge in [-0.05, 0) is 49.9 Å². The molecule has 8 nitrogen and oxygen atoms in total. The Balaban J connectivity index is 1.83. The van der Waals surface area contributed by atoms with E-state index in [0.717, 1.165) is 11.1 Å². The van der Waals surface area contributed by atoms with Gasteiger partial charge in [0.1, 0.15) is 0 Å². The zero-order valence-corrected chi connectivity index (χ0v) is 16.5. The average Bonchev–Trinajstić information content (AvgIpc) is 2.67. The Hall–Kier alpha value is -2.90. The van der Waals surface area contributed by atoms with E-state index < -0.39 is 17.8 Å². The third kappa shape index (κ3) is 5.55. The van der Waals surface area contributed by atoms with E-state index in [1.54, 1.807) is 12.1 Å². The molecule has 1 atom stereocenters. The third-order valence-corrected chi connectivity index (χ3v) is 5.09. The molecule has 8 heteroatoms. The maximum atomic E-state index is 12.4. The van der Waals surface area contributed by atoms with Gasteiger partial charge < -0.3 is 20.2 Å². The second-order valence-electron chi connectivity index (χ2n) is 7.25. The van der Waals surface area contributed by atoms with Gasteiger partial charge in [-0.3, -0.25) is 19.2 Å². The van der Waals surface area contributed by atoms with Crippen LogP contribution in [0.25, 0.3) is 0 Å². The molecule has 0 saturated carbocycles. The summed E-state index contributed by atoms with van der Waals surface area (Å²) in [7, 11) is 1.49. The largest absolute Gasteiger partial charge is 0.481 e. The van der Waals surface area contributed by atoms with Crippen LogP contribution in [0.15, 0.2) is 18.2 Å². The van der Waals surface area contributed by atoms with E-state index >= 15 is 0 Å². The summed E-state index contributed by atoms with van der Waals surface area (Å²) in [4.78, 5) is 50.6. The van der Waals surface area contributed by atoms with Gasteiger partial charge in [0.05, 0.1) is 19.0 Å². The number of nitrogens with zero attached hydrogens (tertiary/aromatic N) is 2. The molecule has 1 saturated heterocycles. The first kappa shape index (κ1) is 21.4. The smallest absolute Gasteiger partial charge is 0.308 e. The molecule has 1 fully saturated rings. The molecule has 0 spiro atoms. The number of benzene rings is 1. The van der Waals surface area contributed by atoms with E-state index in [9.17, 15) is 19.2 Å². The molecule has 0 aliphatic carbocycles. The van der Waals surface area contributed by atoms with Crippen molar-refractivity contribution in [1.82, 2.24) is 15.1 Å². The van der Waals surface area contributed by atoms with Crippen molar-refractivity contribution < 1.29 is 24.3 Å². The van der Waals surface area contributed by atoms with Crippen molar-refractivity contribution in [3.63, 3.8) is 0 Å². The highest BCUT2D eigenvalue weighted by Crippen LogP contribution is 2.16. The number of carboxylic acid groups (broad SMARTS) is 1. The minimum atomic E-state index is -0.906. The van der Waals surface area contributed by atoms with Crippen molar-refractivity contribution in [2.24, 2.45) is 5.92 Å². The Morgan fingerprint density at radius 3 is 2.57 bits per heavy atom. The van der Waals surface area contributed by atoms with Gasteiger partial charge >= 0.3 is 5.97 Å². The summed E-state index contributed by atoms with van der Waals surface area (Å²) in [5.74, 6) is -2.50. The van der Waals surface area contributed by atoms with Crippen LogP contribution in [0.5, 0.6) is 0 Å². The number of carbonyl (C=O) groups excluding carboxylic acids is 3. The predicted octanol–water partition coefficient (Wildman–Crippen LogP) is 0.815. The number of carboxylic acids is 1. The highest BCUT2D eigenvalue weighted by Gasteiger charge is 2.29. The molecule has 0 bridgehead atoms. The van der Waals surface area contributed by atoms with Gasteiger partial charge in [0.25, 0.3) is 5.91 Å². The normalized spacial score (nSPS) is 16.4. The summed E-state index contributed by atoms with van der Waals surface area (Å²) < 4.78 is 0. The van der Waals surface area contributed by atoms with E-state index in [0.29, 0.717) is 24.9 Å². The maximum Gasteiger partial charge on any atom is 0.308 e. The van der Waals surface area contributed by atoms with Crippen LogP contribution in [0.4, 0.5) is 0 Å². The first-order chi connectivity index (χ1) is 13.2. The number of aryl methyl sites for hydroxylation is 2. The van der Waals surface area contributed by atoms with Crippen LogP contribution >= 0.6 is 0 Å².